The molecule has 0 heterocycles. The molecule has 0 bridgehead atoms. The molecule has 6 N–H and O–H groups in total. The quantitative estimate of drug-likeness (QED) is 0.0522. The van der Waals surface area contributed by atoms with Gasteiger partial charge in [0.05, 0.1) is 5.34 Å². The normalized spacial score (nSPS) is 9.95. The number of phosphoric acid groups is 3. The third-order valence-electron chi connectivity index (χ3n) is 6.69. The van der Waals surface area contributed by atoms with Gasteiger partial charge in [-0.05, 0) is 71.8 Å². The molecule has 0 radical (unpaired) electrons. The molecule has 66 heavy (non-hydrogen) atoms. The summed E-state index contributed by atoms with van der Waals surface area (Å²) in [7, 11) is -11.7. The van der Waals surface area contributed by atoms with Gasteiger partial charge in [0.25, 0.3) is 5.97 Å². The first-order valence-electron chi connectivity index (χ1n) is 18.8. The molecule has 7 rings (SSSR count). The highest BCUT2D eigenvalue weighted by Crippen LogP contribution is 2.49. The highest BCUT2D eigenvalue weighted by molar-refractivity contribution is 7.49. The summed E-state index contributed by atoms with van der Waals surface area (Å²) in [6, 6.07) is 63.9. The lowest BCUT2D eigenvalue weighted by atomic mass is 10.1. The van der Waals surface area contributed by atoms with Crippen LogP contribution in [0.5, 0.6) is 28.7 Å². The van der Waals surface area contributed by atoms with Crippen molar-refractivity contribution >= 4 is 52.6 Å². The topological polar surface area (TPSA) is 236 Å². The number of carboxylic acids is 1. The van der Waals surface area contributed by atoms with E-state index in [1.54, 1.807) is 133 Å². The number of hydrogen-bond acceptors (Lipinski definition) is 10. The van der Waals surface area contributed by atoms with E-state index in [1.807, 2.05) is 30.3 Å². The summed E-state index contributed by atoms with van der Waals surface area (Å²) in [6.07, 6.45) is 0. The zero-order valence-electron chi connectivity index (χ0n) is 35.4. The maximum Gasteiger partial charge on any atom is 0.647 e. The van der Waals surface area contributed by atoms with Crippen molar-refractivity contribution in [3.63, 3.8) is 0 Å². The summed E-state index contributed by atoms with van der Waals surface area (Å²) < 4.78 is 60.0. The van der Waals surface area contributed by atoms with Gasteiger partial charge in [-0.2, -0.15) is 4.57 Å². The van der Waals surface area contributed by atoms with Gasteiger partial charge in [-0.15, -0.1) is 23.2 Å². The van der Waals surface area contributed by atoms with Gasteiger partial charge in [-0.25, -0.2) is 9.13 Å². The minimum Gasteiger partial charge on any atom is -0.481 e. The summed E-state index contributed by atoms with van der Waals surface area (Å²) in [5, 5.41) is 14.6. The Morgan fingerprint density at radius 3 is 0.742 bits per heavy atom. The van der Waals surface area contributed by atoms with Crippen LogP contribution in [0.25, 0.3) is 11.1 Å². The summed E-state index contributed by atoms with van der Waals surface area (Å²) in [4.78, 5) is 40.1. The van der Waals surface area contributed by atoms with Crippen LogP contribution in [0, 0.1) is 0 Å². The van der Waals surface area contributed by atoms with Crippen molar-refractivity contribution in [1.82, 2.24) is 0 Å². The van der Waals surface area contributed by atoms with Crippen molar-refractivity contribution in [2.75, 3.05) is 12.4 Å². The van der Waals surface area contributed by atoms with Crippen LogP contribution in [-0.2, 0) is 18.5 Å². The van der Waals surface area contributed by atoms with Crippen LogP contribution >= 0.6 is 46.7 Å². The fourth-order valence-corrected chi connectivity index (χ4v) is 6.46. The fourth-order valence-electron chi connectivity index (χ4n) is 4.40. The molecule has 0 amide bonds. The monoisotopic (exact) mass is 1000 g/mol. The summed E-state index contributed by atoms with van der Waals surface area (Å²) in [6.45, 7) is 1.08. The van der Waals surface area contributed by atoms with E-state index in [1.165, 1.54) is 11.1 Å². The molecule has 0 aliphatic carbocycles. The zero-order chi connectivity index (χ0) is 49.1. The Bertz CT molecular complexity index is 2220. The molecular weight excluding hydrogens is 956 g/mol. The first-order chi connectivity index (χ1) is 31.5. The number of rotatable bonds is 11. The predicted octanol–water partition coefficient (Wildman–Crippen LogP) is 12.1. The minimum atomic E-state index is -4.64. The van der Waals surface area contributed by atoms with Crippen molar-refractivity contribution in [3.05, 3.63) is 212 Å². The molecule has 0 unspecified atom stereocenters. The molecule has 0 atom stereocenters. The second-order valence-corrected chi connectivity index (χ2v) is 16.4. The predicted molar refractivity (Wildman–Crippen MR) is 257 cm³/mol. The molecule has 0 saturated carbocycles. The number of aliphatic hydroxyl groups is 1. The van der Waals surface area contributed by atoms with Crippen molar-refractivity contribution in [2.45, 2.75) is 6.92 Å². The Balaban J connectivity index is 0.000000446. The Kier molecular flexibility index (Phi) is 29.5. The molecule has 20 heteroatoms. The first-order valence-corrected chi connectivity index (χ1v) is 24.4. The summed E-state index contributed by atoms with van der Waals surface area (Å²) >= 11 is 9.53. The third kappa shape index (κ3) is 30.3. The van der Waals surface area contributed by atoms with Gasteiger partial charge in [0, 0.05) is 14.0 Å². The van der Waals surface area contributed by atoms with Gasteiger partial charge in [-0.3, -0.25) is 9.69 Å². The first kappa shape index (κ1) is 58.1. The average molecular weight is 1010 g/mol. The van der Waals surface area contributed by atoms with Gasteiger partial charge >= 0.3 is 23.5 Å². The van der Waals surface area contributed by atoms with Crippen LogP contribution in [0.3, 0.4) is 0 Å². The average Bonchev–Trinajstić information content (AvgIpc) is 3.29. The zero-order valence-corrected chi connectivity index (χ0v) is 39.6. The van der Waals surface area contributed by atoms with Gasteiger partial charge < -0.3 is 47.5 Å². The maximum absolute atomic E-state index is 13.1. The standard InChI is InChI=1S/C18H15O4P.C12H11O4P.C12H10.C2H4O2.CH2Cl2.CH4O.H3O4P/c19-23(20-16-10-4-1-5-11-16,21-17-12-6-2-7-13-17)22-18-14-8-3-9-15-18;13-17(14,15-11-7-3-1-4-8-11)16-12-9-5-2-6-10-12;1-3-7-11(8-4-1)12-9-5-2-6-10-12;1-2(3)4;2-1-3;1-2;1-5(2,3)4/h1-15H;1-10H,(H,13,14);1-10H;1H3,(H,3,4);1H2;2H,1H3;(H3,1,2,3,4). The third-order valence-corrected chi connectivity index (χ3v) is 8.88. The molecule has 0 aromatic heterocycles. The summed E-state index contributed by atoms with van der Waals surface area (Å²) in [5.41, 5.74) is 2.55. The van der Waals surface area contributed by atoms with E-state index in [0.717, 1.165) is 14.0 Å². The molecule has 7 aromatic rings. The molecular formula is C46H49Cl2O15P3. The van der Waals surface area contributed by atoms with E-state index in [9.17, 15) is 14.0 Å². The van der Waals surface area contributed by atoms with Gasteiger partial charge in [0.2, 0.25) is 0 Å². The molecule has 0 spiro atoms. The molecule has 7 aromatic carbocycles. The van der Waals surface area contributed by atoms with E-state index in [2.05, 4.69) is 48.5 Å². The molecule has 0 fully saturated rings. The molecule has 0 aliphatic rings. The van der Waals surface area contributed by atoms with Crippen molar-refractivity contribution in [1.29, 1.82) is 0 Å². The lowest BCUT2D eigenvalue weighted by Gasteiger charge is -2.19. The maximum atomic E-state index is 13.1. The Morgan fingerprint density at radius 2 is 0.561 bits per heavy atom. The lowest BCUT2D eigenvalue weighted by molar-refractivity contribution is -0.134. The smallest absolute Gasteiger partial charge is 0.481 e. The molecule has 15 nitrogen and oxygen atoms in total. The number of carbonyl (C=O) groups is 1. The van der Waals surface area contributed by atoms with Gasteiger partial charge in [-0.1, -0.05) is 152 Å². The number of para-hydroxylation sites is 5. The number of alkyl halides is 2. The second kappa shape index (κ2) is 33.5. The Labute approximate surface area is 393 Å². The molecule has 0 saturated heterocycles. The van der Waals surface area contributed by atoms with Crippen LogP contribution in [0.15, 0.2) is 212 Å². The fraction of sp³-hybridized carbons (Fsp3) is 0.0652. The van der Waals surface area contributed by atoms with Crippen LogP contribution in [-0.4, -0.2) is 48.2 Å². The minimum absolute atomic E-state index is 0.194. The van der Waals surface area contributed by atoms with E-state index in [4.69, 9.17) is 80.1 Å². The van der Waals surface area contributed by atoms with Crippen LogP contribution in [0.2, 0.25) is 0 Å². The van der Waals surface area contributed by atoms with Crippen molar-refractivity contribution < 1.29 is 70.9 Å². The van der Waals surface area contributed by atoms with E-state index >= 15 is 0 Å². The highest BCUT2D eigenvalue weighted by Gasteiger charge is 2.33. The van der Waals surface area contributed by atoms with Crippen LogP contribution in [0.1, 0.15) is 6.92 Å². The Morgan fingerprint density at radius 1 is 0.409 bits per heavy atom. The van der Waals surface area contributed by atoms with E-state index in [0.29, 0.717) is 17.2 Å². The number of aliphatic hydroxyl groups excluding tert-OH is 1. The number of hydrogen-bond donors (Lipinski definition) is 6. The number of aliphatic carboxylic acids is 1. The van der Waals surface area contributed by atoms with Crippen LogP contribution < -0.4 is 22.6 Å². The number of carboxylic acid groups (broad SMARTS) is 1. The van der Waals surface area contributed by atoms with E-state index < -0.39 is 29.4 Å². The van der Waals surface area contributed by atoms with E-state index in [-0.39, 0.29) is 16.8 Å². The highest BCUT2D eigenvalue weighted by atomic mass is 35.5. The SMILES string of the molecule is CC(=O)O.CO.ClCCl.O=P(O)(O)O.O=P(O)(Oc1ccccc1)Oc1ccccc1.O=P(Oc1ccccc1)(Oc1ccccc1)Oc1ccccc1.c1ccc(-c2ccccc2)cc1. The second-order valence-electron chi connectivity index (χ2n) is 11.8. The summed E-state index contributed by atoms with van der Waals surface area (Å²) in [5.74, 6) is 0.955. The largest absolute Gasteiger partial charge is 0.647 e. The Hall–Kier alpha value is -5.92. The molecule has 352 valence electrons. The van der Waals surface area contributed by atoms with Gasteiger partial charge in [0.1, 0.15) is 28.7 Å². The van der Waals surface area contributed by atoms with Crippen molar-refractivity contribution in [2.24, 2.45) is 0 Å². The van der Waals surface area contributed by atoms with Crippen LogP contribution in [0.4, 0.5) is 0 Å². The van der Waals surface area contributed by atoms with Crippen molar-refractivity contribution in [3.8, 4) is 39.9 Å². The number of phosphoric ester groups is 2. The lowest BCUT2D eigenvalue weighted by Crippen LogP contribution is -2.07. The molecule has 0 aliphatic heterocycles. The van der Waals surface area contributed by atoms with Gasteiger partial charge in [0.15, 0.2) is 0 Å². The number of halogens is 2. The number of benzene rings is 7.